The van der Waals surface area contributed by atoms with Crippen LogP contribution in [0.15, 0.2) is 30.5 Å². The second-order valence-electron chi connectivity index (χ2n) is 7.09. The van der Waals surface area contributed by atoms with Gasteiger partial charge >= 0.3 is 6.18 Å². The molecule has 3 aromatic rings. The first-order valence-electron chi connectivity index (χ1n) is 9.48. The highest BCUT2D eigenvalue weighted by molar-refractivity contribution is 5.76. The van der Waals surface area contributed by atoms with Crippen molar-refractivity contribution in [2.24, 2.45) is 7.05 Å². The van der Waals surface area contributed by atoms with Crippen LogP contribution < -0.4 is 0 Å². The predicted octanol–water partition coefficient (Wildman–Crippen LogP) is 3.25. The van der Waals surface area contributed by atoms with Gasteiger partial charge in [-0.3, -0.25) is 9.48 Å². The van der Waals surface area contributed by atoms with Crippen molar-refractivity contribution in [3.05, 3.63) is 47.3 Å². The molecule has 0 N–H and O–H groups in total. The van der Waals surface area contributed by atoms with Gasteiger partial charge < -0.3 is 4.90 Å². The Bertz CT molecular complexity index is 1090. The third-order valence-electron chi connectivity index (χ3n) is 5.04. The van der Waals surface area contributed by atoms with Gasteiger partial charge in [0.2, 0.25) is 5.91 Å². The number of rotatable bonds is 3. The Balaban J connectivity index is 1.81. The van der Waals surface area contributed by atoms with Gasteiger partial charge in [0.05, 0.1) is 29.7 Å². The molecule has 2 aromatic heterocycles. The number of benzene rings is 1. The van der Waals surface area contributed by atoms with Crippen molar-refractivity contribution in [3.8, 4) is 22.8 Å². The molecule has 0 radical (unpaired) electrons. The van der Waals surface area contributed by atoms with Crippen molar-refractivity contribution >= 4 is 5.91 Å². The van der Waals surface area contributed by atoms with E-state index in [-0.39, 0.29) is 11.7 Å². The van der Waals surface area contributed by atoms with E-state index < -0.39 is 11.7 Å². The van der Waals surface area contributed by atoms with Crippen LogP contribution in [0.2, 0.25) is 0 Å². The van der Waals surface area contributed by atoms with Crippen LogP contribution in [0.25, 0.3) is 22.8 Å². The van der Waals surface area contributed by atoms with E-state index in [2.05, 4.69) is 20.3 Å². The lowest BCUT2D eigenvalue weighted by molar-refractivity contribution is -0.137. The lowest BCUT2D eigenvalue weighted by atomic mass is 10.00. The molecular formula is C20H19F3N6O. The van der Waals surface area contributed by atoms with E-state index in [1.54, 1.807) is 29.7 Å². The lowest BCUT2D eigenvalue weighted by Crippen LogP contribution is -2.36. The summed E-state index contributed by atoms with van der Waals surface area (Å²) in [6.07, 6.45) is -1.73. The Hall–Kier alpha value is -3.30. The van der Waals surface area contributed by atoms with E-state index in [0.29, 0.717) is 48.6 Å². The highest BCUT2D eigenvalue weighted by Crippen LogP contribution is 2.32. The average molecular weight is 416 g/mol. The summed E-state index contributed by atoms with van der Waals surface area (Å²) >= 11 is 0. The second kappa shape index (κ2) is 7.51. The van der Waals surface area contributed by atoms with Crippen molar-refractivity contribution in [1.82, 2.24) is 29.9 Å². The monoisotopic (exact) mass is 416 g/mol. The van der Waals surface area contributed by atoms with Crippen LogP contribution in [0.1, 0.15) is 30.2 Å². The minimum absolute atomic E-state index is 0.0244. The normalized spacial score (nSPS) is 14.0. The predicted molar refractivity (Wildman–Crippen MR) is 102 cm³/mol. The third-order valence-corrected chi connectivity index (χ3v) is 5.04. The minimum atomic E-state index is -4.42. The molecule has 4 rings (SSSR count). The highest BCUT2D eigenvalue weighted by Gasteiger charge is 2.30. The topological polar surface area (TPSA) is 76.8 Å². The van der Waals surface area contributed by atoms with Gasteiger partial charge in [-0.15, -0.1) is 5.10 Å². The Morgan fingerprint density at radius 3 is 2.50 bits per heavy atom. The van der Waals surface area contributed by atoms with Gasteiger partial charge in [0.15, 0.2) is 5.82 Å². The van der Waals surface area contributed by atoms with Crippen molar-refractivity contribution < 1.29 is 18.0 Å². The quantitative estimate of drug-likeness (QED) is 0.655. The largest absolute Gasteiger partial charge is 0.416 e. The lowest BCUT2D eigenvalue weighted by Gasteiger charge is -2.29. The maximum absolute atomic E-state index is 12.9. The van der Waals surface area contributed by atoms with Crippen LogP contribution in [0, 0.1) is 0 Å². The zero-order valence-corrected chi connectivity index (χ0v) is 16.4. The fourth-order valence-corrected chi connectivity index (χ4v) is 3.47. The Morgan fingerprint density at radius 2 is 1.90 bits per heavy atom. The molecule has 0 aliphatic carbocycles. The molecule has 0 unspecified atom stereocenters. The number of hydrogen-bond acceptors (Lipinski definition) is 5. The molecule has 0 bridgehead atoms. The van der Waals surface area contributed by atoms with E-state index in [9.17, 15) is 18.0 Å². The van der Waals surface area contributed by atoms with Gasteiger partial charge in [0.1, 0.15) is 5.69 Å². The SMILES string of the molecule is CCC(=O)N1CCc2c(nc(-c3ccc(C(F)(F)F)cc3)nc2-c2cn(C)nn2)C1. The first kappa shape index (κ1) is 20.0. The molecule has 0 fully saturated rings. The molecular weight excluding hydrogens is 397 g/mol. The maximum Gasteiger partial charge on any atom is 0.416 e. The summed E-state index contributed by atoms with van der Waals surface area (Å²) in [6, 6.07) is 4.71. The zero-order valence-electron chi connectivity index (χ0n) is 16.4. The van der Waals surface area contributed by atoms with E-state index in [1.165, 1.54) is 12.1 Å². The molecule has 1 aromatic carbocycles. The number of alkyl halides is 3. The summed E-state index contributed by atoms with van der Waals surface area (Å²) in [7, 11) is 1.74. The standard InChI is InChI=1S/C20H19F3N6O/c1-3-17(30)29-9-8-14-15(11-29)24-19(25-18(14)16-10-28(2)27-26-16)12-4-6-13(7-5-12)20(21,22)23/h4-7,10H,3,8-9,11H2,1-2H3. The van der Waals surface area contributed by atoms with Crippen LogP contribution in [0.3, 0.4) is 0 Å². The van der Waals surface area contributed by atoms with Gasteiger partial charge in [-0.2, -0.15) is 13.2 Å². The summed E-state index contributed by atoms with van der Waals surface area (Å²) in [4.78, 5) is 23.1. The minimum Gasteiger partial charge on any atom is -0.336 e. The average Bonchev–Trinajstić information content (AvgIpc) is 3.17. The highest BCUT2D eigenvalue weighted by atomic mass is 19.4. The van der Waals surface area contributed by atoms with E-state index in [0.717, 1.165) is 17.7 Å². The molecule has 0 atom stereocenters. The molecule has 7 nitrogen and oxygen atoms in total. The van der Waals surface area contributed by atoms with E-state index in [4.69, 9.17) is 0 Å². The van der Waals surface area contributed by atoms with Crippen LogP contribution >= 0.6 is 0 Å². The van der Waals surface area contributed by atoms with Crippen LogP contribution in [0.5, 0.6) is 0 Å². The van der Waals surface area contributed by atoms with Gasteiger partial charge in [0, 0.05) is 31.1 Å². The van der Waals surface area contributed by atoms with Crippen molar-refractivity contribution in [1.29, 1.82) is 0 Å². The number of aromatic nitrogens is 5. The Morgan fingerprint density at radius 1 is 1.17 bits per heavy atom. The molecule has 30 heavy (non-hydrogen) atoms. The molecule has 10 heteroatoms. The maximum atomic E-state index is 12.9. The number of aryl methyl sites for hydroxylation is 1. The summed E-state index contributed by atoms with van der Waals surface area (Å²) in [5.41, 5.74) is 2.42. The van der Waals surface area contributed by atoms with Gasteiger partial charge in [-0.1, -0.05) is 24.3 Å². The molecule has 0 saturated heterocycles. The zero-order chi connectivity index (χ0) is 21.5. The summed E-state index contributed by atoms with van der Waals surface area (Å²) < 4.78 is 40.3. The number of amides is 1. The first-order valence-corrected chi connectivity index (χ1v) is 9.48. The fraction of sp³-hybridized carbons (Fsp3) is 0.350. The molecule has 0 saturated carbocycles. The molecule has 1 amide bonds. The number of carbonyl (C=O) groups is 1. The Kier molecular flexibility index (Phi) is 5.00. The third kappa shape index (κ3) is 3.77. The van der Waals surface area contributed by atoms with Crippen LogP contribution in [-0.2, 0) is 31.0 Å². The Labute approximate surface area is 170 Å². The molecule has 0 spiro atoms. The van der Waals surface area contributed by atoms with Crippen molar-refractivity contribution in [2.75, 3.05) is 6.54 Å². The number of fused-ring (bicyclic) bond motifs is 1. The van der Waals surface area contributed by atoms with Crippen LogP contribution in [-0.4, -0.2) is 42.3 Å². The van der Waals surface area contributed by atoms with Crippen molar-refractivity contribution in [2.45, 2.75) is 32.5 Å². The van der Waals surface area contributed by atoms with E-state index >= 15 is 0 Å². The number of hydrogen-bond donors (Lipinski definition) is 0. The van der Waals surface area contributed by atoms with E-state index in [1.807, 2.05) is 0 Å². The smallest absolute Gasteiger partial charge is 0.336 e. The molecule has 1 aliphatic rings. The van der Waals surface area contributed by atoms with Gasteiger partial charge in [-0.05, 0) is 18.6 Å². The van der Waals surface area contributed by atoms with Crippen molar-refractivity contribution in [3.63, 3.8) is 0 Å². The van der Waals surface area contributed by atoms with Gasteiger partial charge in [-0.25, -0.2) is 9.97 Å². The van der Waals surface area contributed by atoms with Crippen LogP contribution in [0.4, 0.5) is 13.2 Å². The fourth-order valence-electron chi connectivity index (χ4n) is 3.47. The summed E-state index contributed by atoms with van der Waals surface area (Å²) in [5, 5.41) is 8.10. The number of carbonyl (C=O) groups excluding carboxylic acids is 1. The summed E-state index contributed by atoms with van der Waals surface area (Å²) in [6.45, 7) is 2.68. The number of nitrogens with zero attached hydrogens (tertiary/aromatic N) is 6. The molecule has 156 valence electrons. The van der Waals surface area contributed by atoms with Gasteiger partial charge in [0.25, 0.3) is 0 Å². The molecule has 1 aliphatic heterocycles. The second-order valence-corrected chi connectivity index (χ2v) is 7.09. The first-order chi connectivity index (χ1) is 14.3. The molecule has 3 heterocycles. The summed E-state index contributed by atoms with van der Waals surface area (Å²) in [5.74, 6) is 0.310. The number of halogens is 3.